The number of methoxy groups -OCH3 is 1. The maximum atomic E-state index is 13.3. The molecule has 0 bridgehead atoms. The van der Waals surface area contributed by atoms with E-state index in [1.807, 2.05) is 0 Å². The highest BCUT2D eigenvalue weighted by Crippen LogP contribution is 2.19. The molecule has 0 heterocycles. The van der Waals surface area contributed by atoms with Gasteiger partial charge in [0.15, 0.2) is 11.6 Å². The summed E-state index contributed by atoms with van der Waals surface area (Å²) in [5.41, 5.74) is 5.92. The van der Waals surface area contributed by atoms with Crippen LogP contribution < -0.4 is 10.5 Å². The molecule has 1 aromatic carbocycles. The lowest BCUT2D eigenvalue weighted by Gasteiger charge is -2.05. The molecule has 0 radical (unpaired) electrons. The highest BCUT2D eigenvalue weighted by Gasteiger charge is 2.06. The van der Waals surface area contributed by atoms with E-state index in [2.05, 4.69) is 0 Å². The van der Waals surface area contributed by atoms with Crippen molar-refractivity contribution in [2.24, 2.45) is 5.73 Å². The molecule has 0 spiro atoms. The highest BCUT2D eigenvalue weighted by atomic mass is 19.1. The van der Waals surface area contributed by atoms with E-state index in [9.17, 15) is 4.39 Å². The Morgan fingerprint density at radius 3 is 2.83 bits per heavy atom. The Morgan fingerprint density at radius 1 is 1.50 bits per heavy atom. The number of hydrogen-bond donors (Lipinski definition) is 1. The third-order valence-corrected chi connectivity index (χ3v) is 1.68. The normalized spacial score (nSPS) is 9.92. The van der Waals surface area contributed by atoms with Crippen LogP contribution >= 0.6 is 0 Å². The Labute approximate surface area is 71.1 Å². The summed E-state index contributed by atoms with van der Waals surface area (Å²) in [5, 5.41) is 0. The fourth-order valence-electron chi connectivity index (χ4n) is 1.06. The predicted octanol–water partition coefficient (Wildman–Crippen LogP) is 1.34. The minimum Gasteiger partial charge on any atom is -0.494 e. The third kappa shape index (κ3) is 1.74. The van der Waals surface area contributed by atoms with E-state index in [0.29, 0.717) is 18.5 Å². The highest BCUT2D eigenvalue weighted by molar-refractivity contribution is 5.31. The third-order valence-electron chi connectivity index (χ3n) is 1.68. The molecule has 1 aromatic rings. The first-order valence-electron chi connectivity index (χ1n) is 3.81. The van der Waals surface area contributed by atoms with Crippen molar-refractivity contribution in [3.8, 4) is 5.75 Å². The van der Waals surface area contributed by atoms with Gasteiger partial charge in [0.2, 0.25) is 0 Å². The fourth-order valence-corrected chi connectivity index (χ4v) is 1.06. The van der Waals surface area contributed by atoms with Crippen molar-refractivity contribution in [3.63, 3.8) is 0 Å². The van der Waals surface area contributed by atoms with Crippen LogP contribution in [0.1, 0.15) is 5.56 Å². The summed E-state index contributed by atoms with van der Waals surface area (Å²) < 4.78 is 18.1. The van der Waals surface area contributed by atoms with Crippen molar-refractivity contribution < 1.29 is 9.13 Å². The largest absolute Gasteiger partial charge is 0.494 e. The molecule has 3 heteroatoms. The first kappa shape index (κ1) is 9.00. The van der Waals surface area contributed by atoms with Gasteiger partial charge in [-0.05, 0) is 24.6 Å². The molecule has 2 N–H and O–H groups in total. The standard InChI is InChI=1S/C9H12FNO/c1-12-8-4-2-3-7(5-6-11)9(8)10/h2-4H,5-6,11H2,1H3. The van der Waals surface area contributed by atoms with Gasteiger partial charge < -0.3 is 10.5 Å². The topological polar surface area (TPSA) is 35.2 Å². The number of rotatable bonds is 3. The minimum atomic E-state index is -0.301. The second-order valence-electron chi connectivity index (χ2n) is 2.47. The van der Waals surface area contributed by atoms with Gasteiger partial charge in [-0.15, -0.1) is 0 Å². The summed E-state index contributed by atoms with van der Waals surface area (Å²) in [4.78, 5) is 0. The maximum absolute atomic E-state index is 13.3. The summed E-state index contributed by atoms with van der Waals surface area (Å²) in [7, 11) is 1.45. The Morgan fingerprint density at radius 2 is 2.25 bits per heavy atom. The number of hydrogen-bond acceptors (Lipinski definition) is 2. The van der Waals surface area contributed by atoms with Gasteiger partial charge in [-0.25, -0.2) is 4.39 Å². The first-order chi connectivity index (χ1) is 5.79. The van der Waals surface area contributed by atoms with Gasteiger partial charge in [0.05, 0.1) is 7.11 Å². The average Bonchev–Trinajstić information content (AvgIpc) is 2.09. The predicted molar refractivity (Wildman–Crippen MR) is 45.7 cm³/mol. The van der Waals surface area contributed by atoms with Crippen LogP contribution in [-0.4, -0.2) is 13.7 Å². The summed E-state index contributed by atoms with van der Waals surface area (Å²) in [6.45, 7) is 0.448. The molecule has 66 valence electrons. The lowest BCUT2D eigenvalue weighted by atomic mass is 10.1. The lowest BCUT2D eigenvalue weighted by Crippen LogP contribution is -2.05. The Hall–Kier alpha value is -1.09. The van der Waals surface area contributed by atoms with Crippen LogP contribution in [0.2, 0.25) is 0 Å². The lowest BCUT2D eigenvalue weighted by molar-refractivity contribution is 0.384. The second kappa shape index (κ2) is 4.07. The van der Waals surface area contributed by atoms with Crippen molar-refractivity contribution in [3.05, 3.63) is 29.6 Å². The summed E-state index contributed by atoms with van der Waals surface area (Å²) in [6, 6.07) is 5.06. The summed E-state index contributed by atoms with van der Waals surface area (Å²) in [6.07, 6.45) is 0.545. The monoisotopic (exact) mass is 169 g/mol. The molecule has 0 amide bonds. The Bertz CT molecular complexity index is 263. The molecule has 1 rings (SSSR count). The van der Waals surface area contributed by atoms with Crippen LogP contribution in [0.4, 0.5) is 4.39 Å². The summed E-state index contributed by atoms with van der Waals surface area (Å²) >= 11 is 0. The van der Waals surface area contributed by atoms with Crippen molar-refractivity contribution in [1.29, 1.82) is 0 Å². The van der Waals surface area contributed by atoms with Crippen molar-refractivity contribution in [1.82, 2.24) is 0 Å². The van der Waals surface area contributed by atoms with Crippen molar-refractivity contribution in [2.45, 2.75) is 6.42 Å². The molecular weight excluding hydrogens is 157 g/mol. The van der Waals surface area contributed by atoms with E-state index in [0.717, 1.165) is 0 Å². The number of halogens is 1. The van der Waals surface area contributed by atoms with Gasteiger partial charge in [0, 0.05) is 0 Å². The van der Waals surface area contributed by atoms with Crippen LogP contribution in [-0.2, 0) is 6.42 Å². The van der Waals surface area contributed by atoms with Gasteiger partial charge in [-0.2, -0.15) is 0 Å². The van der Waals surface area contributed by atoms with Gasteiger partial charge in [-0.3, -0.25) is 0 Å². The van der Waals surface area contributed by atoms with Gasteiger partial charge in [-0.1, -0.05) is 12.1 Å². The van der Waals surface area contributed by atoms with E-state index in [4.69, 9.17) is 10.5 Å². The molecule has 0 saturated carbocycles. The van der Waals surface area contributed by atoms with Crippen molar-refractivity contribution >= 4 is 0 Å². The molecule has 0 atom stereocenters. The molecule has 0 aliphatic carbocycles. The molecule has 2 nitrogen and oxygen atoms in total. The minimum absolute atomic E-state index is 0.279. The average molecular weight is 169 g/mol. The van der Waals surface area contributed by atoms with E-state index in [1.165, 1.54) is 7.11 Å². The molecule has 0 aromatic heterocycles. The first-order valence-corrected chi connectivity index (χ1v) is 3.81. The quantitative estimate of drug-likeness (QED) is 0.741. The van der Waals surface area contributed by atoms with E-state index in [-0.39, 0.29) is 11.6 Å². The zero-order chi connectivity index (χ0) is 8.97. The maximum Gasteiger partial charge on any atom is 0.168 e. The number of ether oxygens (including phenoxy) is 1. The van der Waals surface area contributed by atoms with Crippen LogP contribution in [0.25, 0.3) is 0 Å². The molecule has 0 aliphatic heterocycles. The molecule has 0 aliphatic rings. The zero-order valence-corrected chi connectivity index (χ0v) is 7.01. The van der Waals surface area contributed by atoms with Crippen molar-refractivity contribution in [2.75, 3.05) is 13.7 Å². The van der Waals surface area contributed by atoms with Crippen LogP contribution in [0.3, 0.4) is 0 Å². The van der Waals surface area contributed by atoms with E-state index < -0.39 is 0 Å². The number of benzene rings is 1. The summed E-state index contributed by atoms with van der Waals surface area (Å²) in [5.74, 6) is -0.0219. The molecule has 0 fully saturated rings. The molecule has 0 unspecified atom stereocenters. The molecular formula is C9H12FNO. The van der Waals surface area contributed by atoms with Crippen LogP contribution in [0.15, 0.2) is 18.2 Å². The van der Waals surface area contributed by atoms with Gasteiger partial charge in [0.1, 0.15) is 0 Å². The zero-order valence-electron chi connectivity index (χ0n) is 7.01. The van der Waals surface area contributed by atoms with Crippen LogP contribution in [0.5, 0.6) is 5.75 Å². The second-order valence-corrected chi connectivity index (χ2v) is 2.47. The van der Waals surface area contributed by atoms with Gasteiger partial charge >= 0.3 is 0 Å². The molecule has 0 saturated heterocycles. The SMILES string of the molecule is COc1cccc(CCN)c1F. The van der Waals surface area contributed by atoms with Gasteiger partial charge in [0.25, 0.3) is 0 Å². The number of nitrogens with two attached hydrogens (primary N) is 1. The Kier molecular flexibility index (Phi) is 3.05. The van der Waals surface area contributed by atoms with Crippen LogP contribution in [0, 0.1) is 5.82 Å². The smallest absolute Gasteiger partial charge is 0.168 e. The fraction of sp³-hybridized carbons (Fsp3) is 0.333. The van der Waals surface area contributed by atoms with E-state index in [1.54, 1.807) is 18.2 Å². The van der Waals surface area contributed by atoms with E-state index >= 15 is 0 Å². The Balaban J connectivity index is 2.97. The molecule has 12 heavy (non-hydrogen) atoms.